The van der Waals surface area contributed by atoms with E-state index in [9.17, 15) is 4.79 Å². The summed E-state index contributed by atoms with van der Waals surface area (Å²) in [6, 6.07) is 10.1. The second-order valence-electron chi connectivity index (χ2n) is 4.88. The van der Waals surface area contributed by atoms with Crippen molar-refractivity contribution in [2.75, 3.05) is 25.6 Å². The van der Waals surface area contributed by atoms with Crippen LogP contribution in [0.15, 0.2) is 30.3 Å². The summed E-state index contributed by atoms with van der Waals surface area (Å²) in [7, 11) is 2.09. The standard InChI is InChI=1S/C15H23NOS/c1-12(10-16(3)13(2)11-18-4)15(17)14-8-6-5-7-9-14/h5-9,12-13H,10-11H2,1-4H3. The predicted molar refractivity (Wildman–Crippen MR) is 80.4 cm³/mol. The van der Waals surface area contributed by atoms with E-state index in [2.05, 4.69) is 25.1 Å². The van der Waals surface area contributed by atoms with Crippen LogP contribution in [0.5, 0.6) is 0 Å². The third-order valence-electron chi connectivity index (χ3n) is 3.23. The number of carbonyl (C=O) groups excluding carboxylic acids is 1. The van der Waals surface area contributed by atoms with E-state index in [0.717, 1.165) is 17.9 Å². The van der Waals surface area contributed by atoms with E-state index in [1.54, 1.807) is 0 Å². The third kappa shape index (κ3) is 4.46. The third-order valence-corrected chi connectivity index (χ3v) is 4.04. The fourth-order valence-electron chi connectivity index (χ4n) is 1.95. The van der Waals surface area contributed by atoms with Crippen molar-refractivity contribution in [3.05, 3.63) is 35.9 Å². The van der Waals surface area contributed by atoms with Crippen molar-refractivity contribution < 1.29 is 4.79 Å². The second-order valence-corrected chi connectivity index (χ2v) is 5.79. The molecule has 0 fully saturated rings. The number of benzene rings is 1. The highest BCUT2D eigenvalue weighted by molar-refractivity contribution is 7.98. The van der Waals surface area contributed by atoms with E-state index < -0.39 is 0 Å². The minimum Gasteiger partial charge on any atom is -0.302 e. The van der Waals surface area contributed by atoms with Gasteiger partial charge in [0.05, 0.1) is 0 Å². The molecule has 100 valence electrons. The van der Waals surface area contributed by atoms with Crippen LogP contribution in [0, 0.1) is 5.92 Å². The van der Waals surface area contributed by atoms with Crippen molar-refractivity contribution in [1.29, 1.82) is 0 Å². The van der Waals surface area contributed by atoms with Crippen LogP contribution in [-0.2, 0) is 0 Å². The number of ketones is 1. The number of nitrogens with zero attached hydrogens (tertiary/aromatic N) is 1. The van der Waals surface area contributed by atoms with Crippen LogP contribution in [-0.4, -0.2) is 42.3 Å². The highest BCUT2D eigenvalue weighted by atomic mass is 32.2. The molecule has 2 nitrogen and oxygen atoms in total. The molecule has 0 saturated heterocycles. The number of carbonyl (C=O) groups is 1. The average molecular weight is 265 g/mol. The molecule has 0 aromatic heterocycles. The van der Waals surface area contributed by atoms with Gasteiger partial charge < -0.3 is 4.90 Å². The summed E-state index contributed by atoms with van der Waals surface area (Å²) in [4.78, 5) is 14.5. The zero-order valence-electron chi connectivity index (χ0n) is 11.7. The van der Waals surface area contributed by atoms with Gasteiger partial charge in [0.25, 0.3) is 0 Å². The second kappa shape index (κ2) is 7.59. The molecule has 0 bridgehead atoms. The van der Waals surface area contributed by atoms with Crippen LogP contribution >= 0.6 is 11.8 Å². The van der Waals surface area contributed by atoms with E-state index in [1.807, 2.05) is 49.0 Å². The van der Waals surface area contributed by atoms with Crippen molar-refractivity contribution >= 4 is 17.5 Å². The Bertz CT molecular complexity index is 366. The van der Waals surface area contributed by atoms with Crippen molar-refractivity contribution in [2.45, 2.75) is 19.9 Å². The lowest BCUT2D eigenvalue weighted by Gasteiger charge is -2.26. The van der Waals surface area contributed by atoms with Crippen LogP contribution in [0.25, 0.3) is 0 Å². The van der Waals surface area contributed by atoms with Gasteiger partial charge in [-0.25, -0.2) is 0 Å². The van der Waals surface area contributed by atoms with Gasteiger partial charge in [0, 0.05) is 29.8 Å². The zero-order valence-corrected chi connectivity index (χ0v) is 12.5. The normalized spacial score (nSPS) is 14.5. The molecule has 2 unspecified atom stereocenters. The van der Waals surface area contributed by atoms with Crippen molar-refractivity contribution in [1.82, 2.24) is 4.90 Å². The SMILES string of the molecule is CSCC(C)N(C)CC(C)C(=O)c1ccccc1. The van der Waals surface area contributed by atoms with Gasteiger partial charge in [-0.3, -0.25) is 4.79 Å². The Morgan fingerprint density at radius 2 is 1.89 bits per heavy atom. The number of hydrogen-bond donors (Lipinski definition) is 0. The first-order chi connectivity index (χ1) is 8.56. The van der Waals surface area contributed by atoms with E-state index in [1.165, 1.54) is 0 Å². The molecule has 0 aliphatic heterocycles. The molecule has 0 aliphatic carbocycles. The molecular weight excluding hydrogens is 242 g/mol. The van der Waals surface area contributed by atoms with Gasteiger partial charge in [0.1, 0.15) is 0 Å². The Morgan fingerprint density at radius 3 is 2.44 bits per heavy atom. The van der Waals surface area contributed by atoms with Crippen LogP contribution in [0.4, 0.5) is 0 Å². The van der Waals surface area contributed by atoms with Crippen LogP contribution in [0.3, 0.4) is 0 Å². The van der Waals surface area contributed by atoms with Crippen LogP contribution in [0.1, 0.15) is 24.2 Å². The van der Waals surface area contributed by atoms with Crippen LogP contribution < -0.4 is 0 Å². The molecule has 0 aliphatic rings. The summed E-state index contributed by atoms with van der Waals surface area (Å²) in [5.74, 6) is 1.38. The molecule has 1 aromatic rings. The first-order valence-electron chi connectivity index (χ1n) is 6.34. The number of rotatable bonds is 7. The van der Waals surface area contributed by atoms with Gasteiger partial charge in [-0.1, -0.05) is 37.3 Å². The Balaban J connectivity index is 2.55. The number of hydrogen-bond acceptors (Lipinski definition) is 3. The van der Waals surface area contributed by atoms with E-state index in [0.29, 0.717) is 6.04 Å². The fourth-order valence-corrected chi connectivity index (χ4v) is 2.69. The van der Waals surface area contributed by atoms with Gasteiger partial charge in [-0.05, 0) is 20.2 Å². The molecule has 0 radical (unpaired) electrons. The summed E-state index contributed by atoms with van der Waals surface area (Å²) >= 11 is 1.84. The van der Waals surface area contributed by atoms with Gasteiger partial charge >= 0.3 is 0 Å². The van der Waals surface area contributed by atoms with Gasteiger partial charge in [0.2, 0.25) is 0 Å². The van der Waals surface area contributed by atoms with Gasteiger partial charge in [-0.15, -0.1) is 0 Å². The Hall–Kier alpha value is -0.800. The number of thioether (sulfide) groups is 1. The summed E-state index contributed by atoms with van der Waals surface area (Å²) in [6.07, 6.45) is 2.11. The quantitative estimate of drug-likeness (QED) is 0.706. The first-order valence-corrected chi connectivity index (χ1v) is 7.74. The minimum atomic E-state index is 0.0432. The molecule has 0 spiro atoms. The maximum atomic E-state index is 12.2. The molecule has 1 rings (SSSR count). The number of Topliss-reactive ketones (excluding diaryl/α,β-unsaturated/α-hetero) is 1. The maximum Gasteiger partial charge on any atom is 0.166 e. The molecule has 0 saturated carbocycles. The van der Waals surface area contributed by atoms with E-state index >= 15 is 0 Å². The Labute approximate surface area is 115 Å². The smallest absolute Gasteiger partial charge is 0.166 e. The van der Waals surface area contributed by atoms with E-state index in [-0.39, 0.29) is 11.7 Å². The van der Waals surface area contributed by atoms with E-state index in [4.69, 9.17) is 0 Å². The largest absolute Gasteiger partial charge is 0.302 e. The summed E-state index contributed by atoms with van der Waals surface area (Å²) < 4.78 is 0. The monoisotopic (exact) mass is 265 g/mol. The molecule has 0 amide bonds. The molecule has 18 heavy (non-hydrogen) atoms. The summed E-state index contributed by atoms with van der Waals surface area (Å²) in [5, 5.41) is 0. The highest BCUT2D eigenvalue weighted by Crippen LogP contribution is 2.12. The maximum absolute atomic E-state index is 12.2. The molecule has 1 aromatic carbocycles. The van der Waals surface area contributed by atoms with Crippen LogP contribution in [0.2, 0.25) is 0 Å². The Kier molecular flexibility index (Phi) is 6.44. The molecule has 3 heteroatoms. The zero-order chi connectivity index (χ0) is 13.5. The topological polar surface area (TPSA) is 20.3 Å². The van der Waals surface area contributed by atoms with Gasteiger partial charge in [-0.2, -0.15) is 11.8 Å². The lowest BCUT2D eigenvalue weighted by atomic mass is 9.98. The minimum absolute atomic E-state index is 0.0432. The summed E-state index contributed by atoms with van der Waals surface area (Å²) in [6.45, 7) is 5.03. The Morgan fingerprint density at radius 1 is 1.28 bits per heavy atom. The van der Waals surface area contributed by atoms with Crippen molar-refractivity contribution in [3.63, 3.8) is 0 Å². The molecule has 0 heterocycles. The lowest BCUT2D eigenvalue weighted by molar-refractivity contribution is 0.0894. The molecular formula is C15H23NOS. The van der Waals surface area contributed by atoms with Gasteiger partial charge in [0.15, 0.2) is 5.78 Å². The molecule has 0 N–H and O–H groups in total. The lowest BCUT2D eigenvalue weighted by Crippen LogP contribution is -2.36. The average Bonchev–Trinajstić information content (AvgIpc) is 2.39. The highest BCUT2D eigenvalue weighted by Gasteiger charge is 2.18. The first kappa shape index (κ1) is 15.3. The fraction of sp³-hybridized carbons (Fsp3) is 0.533. The predicted octanol–water partition coefficient (Wildman–Crippen LogP) is 3.19. The van der Waals surface area contributed by atoms with Crippen molar-refractivity contribution in [3.8, 4) is 0 Å². The summed E-state index contributed by atoms with van der Waals surface area (Å²) in [5.41, 5.74) is 0.816. The van der Waals surface area contributed by atoms with Crippen molar-refractivity contribution in [2.24, 2.45) is 5.92 Å². The molecule has 2 atom stereocenters.